The zero-order chi connectivity index (χ0) is 32.5. The number of benzene rings is 3. The molecule has 6 rings (SSSR count). The molecule has 12 heteroatoms. The average molecular weight is 644 g/mol. The van der Waals surface area contributed by atoms with Crippen LogP contribution in [0, 0.1) is 5.82 Å². The summed E-state index contributed by atoms with van der Waals surface area (Å²) in [6.45, 7) is 2.08. The van der Waals surface area contributed by atoms with Crippen molar-refractivity contribution >= 4 is 34.9 Å². The fourth-order valence-electron chi connectivity index (χ4n) is 6.52. The first-order valence-electron chi connectivity index (χ1n) is 15.2. The van der Waals surface area contributed by atoms with E-state index < -0.39 is 23.7 Å². The van der Waals surface area contributed by atoms with Gasteiger partial charge in [0.05, 0.1) is 11.2 Å². The van der Waals surface area contributed by atoms with Gasteiger partial charge in [0.2, 0.25) is 5.91 Å². The molecule has 0 radical (unpaired) electrons. The first-order chi connectivity index (χ1) is 22.1. The van der Waals surface area contributed by atoms with Gasteiger partial charge in [-0.05, 0) is 80.4 Å². The topological polar surface area (TPSA) is 118 Å². The molecule has 1 atom stereocenters. The fraction of sp³-hybridized carbons (Fsp3) is 0.324. The summed E-state index contributed by atoms with van der Waals surface area (Å²) in [6, 6.07) is 16.7. The van der Waals surface area contributed by atoms with Gasteiger partial charge in [-0.15, -0.1) is 5.10 Å². The number of carbonyl (C=O) groups excluding carboxylic acids is 3. The third kappa shape index (κ3) is 6.12. The van der Waals surface area contributed by atoms with E-state index >= 15 is 0 Å². The number of Topliss-reactive ketones (excluding diaryl/α,β-unsaturated/α-hetero) is 1. The lowest BCUT2D eigenvalue weighted by atomic mass is 9.86. The Morgan fingerprint density at radius 2 is 1.67 bits per heavy atom. The van der Waals surface area contributed by atoms with Gasteiger partial charge in [-0.3, -0.25) is 14.4 Å². The Morgan fingerprint density at radius 3 is 2.37 bits per heavy atom. The molecule has 3 heterocycles. The molecule has 0 aliphatic carbocycles. The number of carbonyl (C=O) groups is 3. The van der Waals surface area contributed by atoms with Gasteiger partial charge in [-0.25, -0.2) is 9.07 Å². The minimum absolute atomic E-state index is 0.0200. The van der Waals surface area contributed by atoms with Gasteiger partial charge in [-0.1, -0.05) is 47.1 Å². The molecule has 0 bridgehead atoms. The molecule has 0 unspecified atom stereocenters. The van der Waals surface area contributed by atoms with Crippen molar-refractivity contribution in [3.63, 3.8) is 0 Å². The molecule has 0 saturated carbocycles. The molecule has 0 spiro atoms. The molecule has 1 fully saturated rings. The molecule has 238 valence electrons. The summed E-state index contributed by atoms with van der Waals surface area (Å²) < 4.78 is 15.9. The predicted molar refractivity (Wildman–Crippen MR) is 173 cm³/mol. The van der Waals surface area contributed by atoms with E-state index in [-0.39, 0.29) is 35.2 Å². The van der Waals surface area contributed by atoms with Crippen LogP contribution in [0.2, 0.25) is 5.02 Å². The van der Waals surface area contributed by atoms with Crippen LogP contribution in [0.1, 0.15) is 56.4 Å². The average Bonchev–Trinajstić information content (AvgIpc) is 3.55. The van der Waals surface area contributed by atoms with E-state index in [1.165, 1.54) is 27.9 Å². The number of amides is 2. The number of nitrogens with two attached hydrogens (primary N) is 1. The van der Waals surface area contributed by atoms with E-state index in [0.29, 0.717) is 23.6 Å². The maximum atomic E-state index is 14.7. The molecule has 2 N–H and O–H groups in total. The second-order valence-electron chi connectivity index (χ2n) is 12.0. The van der Waals surface area contributed by atoms with Gasteiger partial charge >= 0.3 is 0 Å². The lowest BCUT2D eigenvalue weighted by molar-refractivity contribution is -0.123. The van der Waals surface area contributed by atoms with Crippen LogP contribution >= 0.6 is 11.6 Å². The number of hydrogen-bond acceptors (Lipinski definition) is 7. The Labute approximate surface area is 271 Å². The van der Waals surface area contributed by atoms with Crippen LogP contribution in [0.3, 0.4) is 0 Å². The molecular weight excluding hydrogens is 609 g/mol. The van der Waals surface area contributed by atoms with Crippen molar-refractivity contribution in [3.05, 3.63) is 106 Å². The van der Waals surface area contributed by atoms with Crippen molar-refractivity contribution in [1.29, 1.82) is 0 Å². The summed E-state index contributed by atoms with van der Waals surface area (Å²) in [5.41, 5.74) is 9.39. The number of anilines is 1. The minimum atomic E-state index is -0.889. The monoisotopic (exact) mass is 643 g/mol. The molecule has 1 aromatic heterocycles. The number of halogens is 2. The van der Waals surface area contributed by atoms with E-state index in [4.69, 9.17) is 17.3 Å². The second-order valence-corrected chi connectivity index (χ2v) is 12.4. The van der Waals surface area contributed by atoms with Gasteiger partial charge < -0.3 is 20.4 Å². The second kappa shape index (κ2) is 13.0. The first-order valence-corrected chi connectivity index (χ1v) is 15.6. The number of primary amides is 1. The smallest absolute Gasteiger partial charge is 0.276 e. The van der Waals surface area contributed by atoms with Crippen molar-refractivity contribution in [2.45, 2.75) is 37.8 Å². The summed E-state index contributed by atoms with van der Waals surface area (Å²) in [4.78, 5) is 46.0. The summed E-state index contributed by atoms with van der Waals surface area (Å²) in [5.74, 6) is -1.90. The highest BCUT2D eigenvalue weighted by molar-refractivity contribution is 6.30. The van der Waals surface area contributed by atoms with Crippen LogP contribution in [0.5, 0.6) is 0 Å². The molecule has 46 heavy (non-hydrogen) atoms. The van der Waals surface area contributed by atoms with Crippen molar-refractivity contribution < 1.29 is 18.8 Å². The van der Waals surface area contributed by atoms with Gasteiger partial charge in [0.1, 0.15) is 11.7 Å². The largest absolute Gasteiger partial charge is 0.371 e. The number of hydrogen-bond donors (Lipinski definition) is 1. The molecule has 4 aromatic rings. The Balaban J connectivity index is 1.34. The highest BCUT2D eigenvalue weighted by Gasteiger charge is 2.38. The van der Waals surface area contributed by atoms with E-state index in [9.17, 15) is 18.8 Å². The van der Waals surface area contributed by atoms with E-state index in [1.807, 2.05) is 12.1 Å². The normalized spacial score (nSPS) is 16.8. The van der Waals surface area contributed by atoms with Crippen LogP contribution in [0.4, 0.5) is 10.1 Å². The number of rotatable bonds is 8. The summed E-state index contributed by atoms with van der Waals surface area (Å²) in [7, 11) is 4.22. The highest BCUT2D eigenvalue weighted by atomic mass is 35.5. The van der Waals surface area contributed by atoms with E-state index in [1.54, 1.807) is 30.3 Å². The Hall–Kier alpha value is -4.61. The molecule has 2 amide bonds. The SMILES string of the molecule is CN(C)C1CCN(c2cccc3c2CCN(C(=O)c2cn(-c4cccc(Cl)c4F)nn2)[C@@H]3C(=O)Cc2ccc(C(N)=O)cc2)CC1. The van der Waals surface area contributed by atoms with Crippen LogP contribution in [0.15, 0.2) is 66.9 Å². The third-order valence-electron chi connectivity index (χ3n) is 9.01. The number of aromatic nitrogens is 3. The zero-order valence-electron chi connectivity index (χ0n) is 25.7. The van der Waals surface area contributed by atoms with Gasteiger partial charge in [0.25, 0.3) is 5.91 Å². The number of piperidine rings is 1. The summed E-state index contributed by atoms with van der Waals surface area (Å²) in [5, 5.41) is 7.97. The fourth-order valence-corrected chi connectivity index (χ4v) is 6.69. The number of ketones is 1. The molecule has 2 aliphatic rings. The maximum Gasteiger partial charge on any atom is 0.276 e. The van der Waals surface area contributed by atoms with Crippen LogP contribution < -0.4 is 10.6 Å². The van der Waals surface area contributed by atoms with Crippen LogP contribution in [-0.4, -0.2) is 82.2 Å². The molecular formula is C34H35ClFN7O3. The first kappa shape index (κ1) is 31.4. The lowest BCUT2D eigenvalue weighted by Gasteiger charge is -2.41. The highest BCUT2D eigenvalue weighted by Crippen LogP contribution is 2.38. The molecule has 3 aromatic carbocycles. The standard InChI is InChI=1S/C34H35ClFN7O3/c1-40(2)23-13-16-41(17-14-23)28-7-3-5-25-24(28)15-18-42(32(25)30(44)19-21-9-11-22(12-10-21)33(37)45)34(46)27-20-43(39-38-27)29-8-4-6-26(35)31(29)36/h3-12,20,23,32H,13-19H2,1-2H3,(H2,37,45)/t32-/m0/s1. The molecule has 1 saturated heterocycles. The Bertz CT molecular complexity index is 1780. The van der Waals surface area contributed by atoms with Crippen molar-refractivity contribution in [2.24, 2.45) is 5.73 Å². The summed E-state index contributed by atoms with van der Waals surface area (Å²) >= 11 is 5.96. The van der Waals surface area contributed by atoms with Gasteiger partial charge in [0, 0.05) is 43.3 Å². The van der Waals surface area contributed by atoms with Crippen LogP contribution in [0.25, 0.3) is 5.69 Å². The van der Waals surface area contributed by atoms with Gasteiger partial charge in [-0.2, -0.15) is 0 Å². The number of nitrogens with zero attached hydrogens (tertiary/aromatic N) is 6. The zero-order valence-corrected chi connectivity index (χ0v) is 26.5. The van der Waals surface area contributed by atoms with Crippen molar-refractivity contribution in [3.8, 4) is 5.69 Å². The third-order valence-corrected chi connectivity index (χ3v) is 9.30. The summed E-state index contributed by atoms with van der Waals surface area (Å²) in [6.07, 6.45) is 4.01. The lowest BCUT2D eigenvalue weighted by Crippen LogP contribution is -2.46. The Kier molecular flexibility index (Phi) is 8.88. The predicted octanol–water partition coefficient (Wildman–Crippen LogP) is 4.24. The Morgan fingerprint density at radius 1 is 0.978 bits per heavy atom. The number of fused-ring (bicyclic) bond motifs is 1. The van der Waals surface area contributed by atoms with Gasteiger partial charge in [0.15, 0.2) is 17.3 Å². The van der Waals surface area contributed by atoms with E-state index in [2.05, 4.69) is 40.3 Å². The van der Waals surface area contributed by atoms with Crippen LogP contribution in [-0.2, 0) is 17.6 Å². The van der Waals surface area contributed by atoms with Crippen molar-refractivity contribution in [2.75, 3.05) is 38.6 Å². The minimum Gasteiger partial charge on any atom is -0.371 e. The van der Waals surface area contributed by atoms with Crippen molar-refractivity contribution in [1.82, 2.24) is 24.8 Å². The molecule has 10 nitrogen and oxygen atoms in total. The quantitative estimate of drug-likeness (QED) is 0.305. The maximum absolute atomic E-state index is 14.7. The van der Waals surface area contributed by atoms with E-state index in [0.717, 1.165) is 42.7 Å². The molecule has 2 aliphatic heterocycles.